The summed E-state index contributed by atoms with van der Waals surface area (Å²) < 4.78 is 2.10. The Morgan fingerprint density at radius 1 is 1.47 bits per heavy atom. The third kappa shape index (κ3) is 3.44. The van der Waals surface area contributed by atoms with Crippen LogP contribution in [0.1, 0.15) is 44.9 Å². The van der Waals surface area contributed by atoms with Gasteiger partial charge < -0.3 is 10.3 Å². The van der Waals surface area contributed by atoms with Crippen LogP contribution in [0.15, 0.2) is 12.4 Å². The summed E-state index contributed by atoms with van der Waals surface area (Å²) in [5.41, 5.74) is 5.81. The number of ketones is 1. The Kier molecular flexibility index (Phi) is 5.14. The van der Waals surface area contributed by atoms with Gasteiger partial charge >= 0.3 is 0 Å². The number of carbonyl (C=O) groups excluding carboxylic acids is 1. The van der Waals surface area contributed by atoms with Gasteiger partial charge in [-0.2, -0.15) is 0 Å². The van der Waals surface area contributed by atoms with Gasteiger partial charge in [0.2, 0.25) is 0 Å². The molecule has 4 heteroatoms. The van der Waals surface area contributed by atoms with Crippen LogP contribution in [-0.2, 0) is 17.8 Å². The number of nitrogens with two attached hydrogens (primary N) is 1. The molecule has 0 bridgehead atoms. The van der Waals surface area contributed by atoms with E-state index in [9.17, 15) is 4.79 Å². The molecule has 1 saturated carbocycles. The first kappa shape index (κ1) is 14.3. The van der Waals surface area contributed by atoms with Crippen LogP contribution >= 0.6 is 0 Å². The molecule has 1 heterocycles. The maximum absolute atomic E-state index is 12.5. The summed E-state index contributed by atoms with van der Waals surface area (Å²) in [4.78, 5) is 16.8. The topological polar surface area (TPSA) is 60.9 Å². The van der Waals surface area contributed by atoms with Crippen molar-refractivity contribution < 1.29 is 4.79 Å². The molecule has 0 radical (unpaired) electrons. The first-order valence-electron chi connectivity index (χ1n) is 7.49. The van der Waals surface area contributed by atoms with Gasteiger partial charge in [0.1, 0.15) is 11.6 Å². The van der Waals surface area contributed by atoms with Crippen LogP contribution in [0, 0.1) is 11.8 Å². The minimum atomic E-state index is 0.158. The lowest BCUT2D eigenvalue weighted by atomic mass is 9.76. The molecule has 1 aliphatic rings. The van der Waals surface area contributed by atoms with E-state index in [2.05, 4.69) is 16.5 Å². The van der Waals surface area contributed by atoms with E-state index in [1.54, 1.807) is 6.20 Å². The van der Waals surface area contributed by atoms with Gasteiger partial charge in [-0.25, -0.2) is 4.98 Å². The van der Waals surface area contributed by atoms with Crippen LogP contribution in [-0.4, -0.2) is 21.9 Å². The van der Waals surface area contributed by atoms with E-state index < -0.39 is 0 Å². The smallest absolute Gasteiger partial charge is 0.143 e. The number of imidazole rings is 1. The van der Waals surface area contributed by atoms with E-state index in [4.69, 9.17) is 5.73 Å². The number of aryl methyl sites for hydroxylation is 1. The Balaban J connectivity index is 2.01. The zero-order valence-electron chi connectivity index (χ0n) is 11.8. The Morgan fingerprint density at radius 3 is 3.00 bits per heavy atom. The first-order valence-corrected chi connectivity index (χ1v) is 7.49. The lowest BCUT2D eigenvalue weighted by Gasteiger charge is -2.29. The van der Waals surface area contributed by atoms with Crippen LogP contribution in [0.4, 0.5) is 0 Å². The van der Waals surface area contributed by atoms with Crippen LogP contribution < -0.4 is 5.73 Å². The largest absolute Gasteiger partial charge is 0.335 e. The molecular weight excluding hydrogens is 238 g/mol. The Morgan fingerprint density at radius 2 is 2.26 bits per heavy atom. The lowest BCUT2D eigenvalue weighted by Crippen LogP contribution is -2.33. The van der Waals surface area contributed by atoms with Crippen LogP contribution in [0.3, 0.4) is 0 Å². The van der Waals surface area contributed by atoms with Crippen LogP contribution in [0.2, 0.25) is 0 Å². The highest BCUT2D eigenvalue weighted by Crippen LogP contribution is 2.30. The molecule has 2 unspecified atom stereocenters. The zero-order valence-corrected chi connectivity index (χ0v) is 11.8. The first-order chi connectivity index (χ1) is 9.26. The fourth-order valence-corrected chi connectivity index (χ4v) is 3.15. The highest BCUT2D eigenvalue weighted by molar-refractivity contribution is 5.83. The molecule has 0 aliphatic heterocycles. The zero-order chi connectivity index (χ0) is 13.7. The number of Topliss-reactive ketones (excluding diaryl/α,β-unsaturated/α-hetero) is 1. The van der Waals surface area contributed by atoms with Crippen molar-refractivity contribution in [1.82, 2.24) is 9.55 Å². The monoisotopic (exact) mass is 263 g/mol. The van der Waals surface area contributed by atoms with E-state index in [0.717, 1.165) is 38.1 Å². The average molecular weight is 263 g/mol. The quantitative estimate of drug-likeness (QED) is 0.855. The van der Waals surface area contributed by atoms with Crippen molar-refractivity contribution in [2.24, 2.45) is 17.6 Å². The van der Waals surface area contributed by atoms with Gasteiger partial charge in [0.25, 0.3) is 0 Å². The van der Waals surface area contributed by atoms with Crippen molar-refractivity contribution in [3.8, 4) is 0 Å². The number of hydrogen-bond donors (Lipinski definition) is 1. The number of hydrogen-bond acceptors (Lipinski definition) is 3. The molecule has 106 valence electrons. The molecule has 1 aliphatic carbocycles. The summed E-state index contributed by atoms with van der Waals surface area (Å²) in [5.74, 6) is 1.79. The second-order valence-electron chi connectivity index (χ2n) is 5.57. The molecule has 1 fully saturated rings. The third-order valence-electron chi connectivity index (χ3n) is 4.22. The van der Waals surface area contributed by atoms with E-state index in [0.29, 0.717) is 24.7 Å². The van der Waals surface area contributed by atoms with Gasteiger partial charge in [0.05, 0.1) is 6.42 Å². The maximum atomic E-state index is 12.5. The molecule has 1 aromatic rings. The molecule has 2 N–H and O–H groups in total. The van der Waals surface area contributed by atoms with Gasteiger partial charge in [-0.1, -0.05) is 19.8 Å². The SMILES string of the molecule is CCCn1ccnc1CC(=O)C1CCCCC1CN. The molecule has 1 aromatic heterocycles. The van der Waals surface area contributed by atoms with E-state index >= 15 is 0 Å². The normalized spacial score (nSPS) is 23.5. The van der Waals surface area contributed by atoms with Crippen LogP contribution in [0.25, 0.3) is 0 Å². The molecule has 19 heavy (non-hydrogen) atoms. The standard InChI is InChI=1S/C15H25N3O/c1-2-8-18-9-7-17-15(18)10-14(19)13-6-4-3-5-12(13)11-16/h7,9,12-13H,2-6,8,10-11,16H2,1H3. The molecule has 0 spiro atoms. The van der Waals surface area contributed by atoms with Gasteiger partial charge in [-0.15, -0.1) is 0 Å². The Hall–Kier alpha value is -1.16. The van der Waals surface area contributed by atoms with Crippen molar-refractivity contribution in [3.05, 3.63) is 18.2 Å². The average Bonchev–Trinajstić information content (AvgIpc) is 2.86. The number of rotatable bonds is 6. The fourth-order valence-electron chi connectivity index (χ4n) is 3.15. The molecule has 4 nitrogen and oxygen atoms in total. The van der Waals surface area contributed by atoms with E-state index in [1.807, 2.05) is 6.20 Å². The molecule has 0 aromatic carbocycles. The number of nitrogens with zero attached hydrogens (tertiary/aromatic N) is 2. The third-order valence-corrected chi connectivity index (χ3v) is 4.22. The summed E-state index contributed by atoms with van der Waals surface area (Å²) in [6, 6.07) is 0. The fraction of sp³-hybridized carbons (Fsp3) is 0.733. The van der Waals surface area contributed by atoms with Crippen molar-refractivity contribution in [2.45, 2.75) is 52.0 Å². The van der Waals surface area contributed by atoms with Gasteiger partial charge in [0, 0.05) is 24.9 Å². The minimum Gasteiger partial charge on any atom is -0.335 e. The van der Waals surface area contributed by atoms with Crippen LogP contribution in [0.5, 0.6) is 0 Å². The predicted octanol–water partition coefficient (Wildman–Crippen LogP) is 2.17. The number of aromatic nitrogens is 2. The summed E-state index contributed by atoms with van der Waals surface area (Å²) in [6.45, 7) is 3.71. The van der Waals surface area contributed by atoms with E-state index in [-0.39, 0.29) is 5.92 Å². The molecule has 0 saturated heterocycles. The number of carbonyl (C=O) groups is 1. The van der Waals surface area contributed by atoms with Gasteiger partial charge in [-0.3, -0.25) is 4.79 Å². The molecule has 2 atom stereocenters. The summed E-state index contributed by atoms with van der Waals surface area (Å²) in [6.07, 6.45) is 9.78. The highest BCUT2D eigenvalue weighted by atomic mass is 16.1. The summed E-state index contributed by atoms with van der Waals surface area (Å²) in [7, 11) is 0. The minimum absolute atomic E-state index is 0.158. The van der Waals surface area contributed by atoms with Crippen molar-refractivity contribution in [1.29, 1.82) is 0 Å². The van der Waals surface area contributed by atoms with Crippen molar-refractivity contribution in [2.75, 3.05) is 6.54 Å². The van der Waals surface area contributed by atoms with Gasteiger partial charge in [-0.05, 0) is 31.7 Å². The van der Waals surface area contributed by atoms with Crippen molar-refractivity contribution in [3.63, 3.8) is 0 Å². The molecular formula is C15H25N3O. The second-order valence-corrected chi connectivity index (χ2v) is 5.57. The lowest BCUT2D eigenvalue weighted by molar-refractivity contribution is -0.124. The van der Waals surface area contributed by atoms with Crippen molar-refractivity contribution >= 4 is 5.78 Å². The second kappa shape index (κ2) is 6.85. The molecule has 2 rings (SSSR count). The summed E-state index contributed by atoms with van der Waals surface area (Å²) in [5, 5.41) is 0. The predicted molar refractivity (Wildman–Crippen MR) is 75.7 cm³/mol. The van der Waals surface area contributed by atoms with E-state index in [1.165, 1.54) is 6.42 Å². The Labute approximate surface area is 115 Å². The summed E-state index contributed by atoms with van der Waals surface area (Å²) >= 11 is 0. The van der Waals surface area contributed by atoms with Gasteiger partial charge in [0.15, 0.2) is 0 Å². The Bertz CT molecular complexity index is 413. The molecule has 0 amide bonds. The maximum Gasteiger partial charge on any atom is 0.143 e. The highest BCUT2D eigenvalue weighted by Gasteiger charge is 2.30.